The highest BCUT2D eigenvalue weighted by molar-refractivity contribution is 7.17. The number of hydrogen-bond donors (Lipinski definition) is 1. The van der Waals surface area contributed by atoms with E-state index in [1.807, 2.05) is 42.5 Å². The van der Waals surface area contributed by atoms with E-state index in [9.17, 15) is 19.2 Å². The Kier molecular flexibility index (Phi) is 29.4. The monoisotopic (exact) mass is 1330 g/mol. The van der Waals surface area contributed by atoms with Crippen LogP contribution in [0.25, 0.3) is 42.0 Å². The molecule has 508 valence electrons. The Morgan fingerprint density at radius 2 is 0.884 bits per heavy atom. The minimum absolute atomic E-state index is 0.204. The maximum Gasteiger partial charge on any atom is 0.515 e. The van der Waals surface area contributed by atoms with E-state index in [1.165, 1.54) is 104 Å². The summed E-state index contributed by atoms with van der Waals surface area (Å²) >= 11 is 3.60. The number of thiophene rings is 2. The minimum Gasteiger partial charge on any atom is -0.494 e. The van der Waals surface area contributed by atoms with Gasteiger partial charge in [0.05, 0.1) is 30.9 Å². The van der Waals surface area contributed by atoms with Crippen molar-refractivity contribution in [2.24, 2.45) is 0 Å². The minimum atomic E-state index is -0.876. The number of ether oxygens (including phenoxy) is 6. The molecule has 0 aliphatic carbocycles. The van der Waals surface area contributed by atoms with Crippen LogP contribution in [0.2, 0.25) is 0 Å². The number of fused-ring (bicyclic) bond motifs is 4. The molecule has 17 nitrogen and oxygen atoms in total. The molecule has 6 heterocycles. The van der Waals surface area contributed by atoms with Crippen LogP contribution < -0.4 is 35.1 Å². The molecular formula is C76H96N6O11S2. The summed E-state index contributed by atoms with van der Waals surface area (Å²) in [5.41, 5.74) is 3.47. The van der Waals surface area contributed by atoms with E-state index in [0.29, 0.717) is 54.7 Å². The maximum absolute atomic E-state index is 12.6. The van der Waals surface area contributed by atoms with Crippen LogP contribution in [0, 0.1) is 0 Å². The number of nitrogens with zero attached hydrogens (tertiary/aromatic N) is 6. The second-order valence-corrected chi connectivity index (χ2v) is 26.1. The van der Waals surface area contributed by atoms with Crippen molar-refractivity contribution in [3.63, 3.8) is 0 Å². The van der Waals surface area contributed by atoms with E-state index in [0.717, 1.165) is 128 Å². The fourth-order valence-corrected chi connectivity index (χ4v) is 13.6. The van der Waals surface area contributed by atoms with Crippen LogP contribution in [0.1, 0.15) is 117 Å². The number of benzene rings is 5. The normalized spacial score (nSPS) is 13.5. The molecule has 0 spiro atoms. The van der Waals surface area contributed by atoms with Crippen LogP contribution in [0.4, 0.5) is 21.0 Å². The summed E-state index contributed by atoms with van der Waals surface area (Å²) < 4.78 is 38.5. The van der Waals surface area contributed by atoms with Crippen LogP contribution in [0.15, 0.2) is 160 Å². The molecule has 2 aliphatic heterocycles. The molecule has 4 aromatic heterocycles. The first-order valence-corrected chi connectivity index (χ1v) is 36.1. The van der Waals surface area contributed by atoms with Crippen molar-refractivity contribution in [1.29, 1.82) is 0 Å². The quantitative estimate of drug-likeness (QED) is 0.0240. The first-order valence-electron chi connectivity index (χ1n) is 34.4. The third-order valence-electron chi connectivity index (χ3n) is 17.4. The van der Waals surface area contributed by atoms with Crippen molar-refractivity contribution in [2.45, 2.75) is 130 Å². The Balaban J connectivity index is 0.000000198. The van der Waals surface area contributed by atoms with Crippen LogP contribution >= 0.6 is 22.7 Å². The summed E-state index contributed by atoms with van der Waals surface area (Å²) in [5, 5.41) is 17.2. The predicted molar refractivity (Wildman–Crippen MR) is 387 cm³/mol. The Hall–Kier alpha value is -7.94. The molecule has 9 aromatic rings. The zero-order valence-electron chi connectivity index (χ0n) is 55.6. The maximum atomic E-state index is 12.6. The average molecular weight is 1330 g/mol. The lowest BCUT2D eigenvalue weighted by atomic mass is 10.1. The highest BCUT2D eigenvalue weighted by atomic mass is 32.1. The second-order valence-electron chi connectivity index (χ2n) is 24.2. The van der Waals surface area contributed by atoms with Crippen LogP contribution in [0.3, 0.4) is 0 Å². The Morgan fingerprint density at radius 3 is 1.38 bits per heavy atom. The second kappa shape index (κ2) is 39.2. The number of rotatable bonds is 32. The smallest absolute Gasteiger partial charge is 0.494 e. The molecule has 0 bridgehead atoms. The molecule has 1 N–H and O–H groups in total. The summed E-state index contributed by atoms with van der Waals surface area (Å²) in [4.78, 5) is 59.6. The highest BCUT2D eigenvalue weighted by Gasteiger charge is 2.21. The van der Waals surface area contributed by atoms with Crippen molar-refractivity contribution >= 4 is 88.3 Å². The first-order chi connectivity index (χ1) is 46.7. The fourth-order valence-electron chi connectivity index (χ4n) is 12.0. The van der Waals surface area contributed by atoms with Gasteiger partial charge < -0.3 is 43.3 Å². The van der Waals surface area contributed by atoms with Crippen LogP contribution in [-0.2, 0) is 27.7 Å². The van der Waals surface area contributed by atoms with Gasteiger partial charge in [-0.1, -0.05) is 108 Å². The van der Waals surface area contributed by atoms with Crippen molar-refractivity contribution in [3.05, 3.63) is 171 Å². The largest absolute Gasteiger partial charge is 0.515 e. The van der Waals surface area contributed by atoms with E-state index in [4.69, 9.17) is 33.5 Å². The van der Waals surface area contributed by atoms with Crippen LogP contribution in [0.5, 0.6) is 17.2 Å². The van der Waals surface area contributed by atoms with Gasteiger partial charge in [0.25, 0.3) is 11.1 Å². The molecule has 2 aliphatic rings. The highest BCUT2D eigenvalue weighted by Crippen LogP contribution is 2.33. The molecule has 0 unspecified atom stereocenters. The number of piperazine rings is 2. The molecule has 2 saturated heterocycles. The number of aliphatic hydroxyl groups is 1. The van der Waals surface area contributed by atoms with Gasteiger partial charge >= 0.3 is 12.3 Å². The molecule has 95 heavy (non-hydrogen) atoms. The zero-order chi connectivity index (χ0) is 66.2. The van der Waals surface area contributed by atoms with E-state index < -0.39 is 12.3 Å². The van der Waals surface area contributed by atoms with Crippen LogP contribution in [-0.4, -0.2) is 128 Å². The number of para-hydroxylation sites is 1. The predicted octanol–water partition coefficient (Wildman–Crippen LogP) is 16.4. The fraction of sp³-hybridized carbons (Fsp3) is 0.447. The number of unbranched alkanes of at least 4 members (excludes halogenated alkanes) is 12. The number of anilines is 2. The van der Waals surface area contributed by atoms with Gasteiger partial charge in [0, 0.05) is 115 Å². The van der Waals surface area contributed by atoms with Gasteiger partial charge in [0.15, 0.2) is 13.5 Å². The molecule has 2 fully saturated rings. The summed E-state index contributed by atoms with van der Waals surface area (Å²) in [7, 11) is 0. The molecule has 5 aromatic carbocycles. The van der Waals surface area contributed by atoms with E-state index in [2.05, 4.69) is 92.7 Å². The molecule has 11 rings (SSSR count). The molecule has 0 amide bonds. The lowest BCUT2D eigenvalue weighted by Crippen LogP contribution is -2.46. The summed E-state index contributed by atoms with van der Waals surface area (Å²) in [5.74, 6) is 1.74. The molecule has 0 atom stereocenters. The molecular weight excluding hydrogens is 1240 g/mol. The van der Waals surface area contributed by atoms with Crippen molar-refractivity contribution < 1.29 is 43.1 Å². The van der Waals surface area contributed by atoms with Crippen molar-refractivity contribution in [2.75, 3.05) is 102 Å². The van der Waals surface area contributed by atoms with Gasteiger partial charge in [-0.15, -0.1) is 22.7 Å². The number of hydrogen-bond acceptors (Lipinski definition) is 17. The summed E-state index contributed by atoms with van der Waals surface area (Å²) in [6.07, 6.45) is 16.5. The zero-order valence-corrected chi connectivity index (χ0v) is 57.2. The Morgan fingerprint density at radius 1 is 0.432 bits per heavy atom. The topological polar surface area (TPSA) is 167 Å². The third kappa shape index (κ3) is 22.3. The lowest BCUT2D eigenvalue weighted by Gasteiger charge is -2.36. The van der Waals surface area contributed by atoms with Gasteiger partial charge in [0.1, 0.15) is 17.2 Å². The molecule has 0 radical (unpaired) electrons. The van der Waals surface area contributed by atoms with Gasteiger partial charge in [-0.25, -0.2) is 9.59 Å². The number of carbonyl (C=O) groups excluding carboxylic acids is 2. The van der Waals surface area contributed by atoms with Crippen molar-refractivity contribution in [3.8, 4) is 17.2 Å². The first kappa shape index (κ1) is 71.4. The van der Waals surface area contributed by atoms with E-state index in [-0.39, 0.29) is 24.6 Å². The van der Waals surface area contributed by atoms with Gasteiger partial charge in [-0.05, 0) is 158 Å². The molecule has 0 saturated carbocycles. The Labute approximate surface area is 567 Å². The Bertz CT molecular complexity index is 3870. The van der Waals surface area contributed by atoms with E-state index >= 15 is 0 Å². The van der Waals surface area contributed by atoms with Gasteiger partial charge in [-0.3, -0.25) is 28.5 Å². The summed E-state index contributed by atoms with van der Waals surface area (Å²) in [6.45, 7) is 16.4. The third-order valence-corrected chi connectivity index (χ3v) is 19.1. The number of aliphatic hydroxyl groups excluding tert-OH is 1. The van der Waals surface area contributed by atoms with E-state index in [1.54, 1.807) is 59.1 Å². The van der Waals surface area contributed by atoms with Gasteiger partial charge in [-0.2, -0.15) is 0 Å². The van der Waals surface area contributed by atoms with Crippen molar-refractivity contribution in [1.82, 2.24) is 18.9 Å². The lowest BCUT2D eigenvalue weighted by molar-refractivity contribution is 0.0331. The number of aromatic nitrogens is 2. The molecule has 19 heteroatoms. The number of pyridine rings is 2. The average Bonchev–Trinajstić information content (AvgIpc) is 1.72. The standard InChI is InChI=1S/C35H45N3O5S.C33H33N3O5S.C8H18O/c1-2-3-4-5-6-8-24-42-35(40)43-27-38-32-26-29(15-13-28(32)14-16-34(38)39)41-23-9-7-18-36-19-21-37(22-20-36)31-11-10-12-33-30(31)17-25-44-33;37-32-14-12-25-11-13-27(23-30(25)36(32)24-40-33(38)41-26-7-2-1-3-8-26)39-21-5-4-16-34-17-19-35(20-18-34)29-9-6-10-31-28(29)15-22-42-31;1-2-3-4-5-6-7-8-9/h10-17,25-26H,2-9,18-24,27H2,1H3;1-3,6-15,22-23H,4-5,16-21,24H2;9H,2-8H2,1H3. The SMILES string of the molecule is CCCCCCCCO.CCCCCCCCOC(=O)OCn1c(=O)ccc2ccc(OCCCCN3CCN(c4cccc5sccc45)CC3)cc21.O=C(OCn1c(=O)ccc2ccc(OCCCCN3CCN(c4cccc5sccc45)CC3)cc21)Oc1ccccc1. The number of carbonyl (C=O) groups is 2. The van der Waals surface area contributed by atoms with Gasteiger partial charge in [0.2, 0.25) is 0 Å². The summed E-state index contributed by atoms with van der Waals surface area (Å²) in [6, 6.07) is 44.1.